The lowest BCUT2D eigenvalue weighted by atomic mass is 9.98. The number of nitrogens with zero attached hydrogens (tertiary/aromatic N) is 1. The van der Waals surface area contributed by atoms with Crippen LogP contribution in [0.3, 0.4) is 0 Å². The fourth-order valence-electron chi connectivity index (χ4n) is 2.08. The summed E-state index contributed by atoms with van der Waals surface area (Å²) >= 11 is 0. The molecule has 0 aliphatic carbocycles. The number of phenolic OH excluding ortho intramolecular Hbond substituents is 1. The number of imidazole rings is 1. The Labute approximate surface area is 99.7 Å². The number of nitrogens with one attached hydrogen (secondary N) is 2. The van der Waals surface area contributed by atoms with Crippen molar-refractivity contribution in [3.63, 3.8) is 0 Å². The van der Waals surface area contributed by atoms with Gasteiger partial charge in [-0.1, -0.05) is 12.1 Å². The number of para-hydroxylation sites is 1. The Morgan fingerprint density at radius 2 is 2.12 bits per heavy atom. The minimum atomic E-state index is 0.263. The normalized spacial score (nSPS) is 15.8. The molecule has 1 aromatic heterocycles. The Morgan fingerprint density at radius 3 is 2.82 bits per heavy atom. The van der Waals surface area contributed by atoms with Gasteiger partial charge in [-0.3, -0.25) is 0 Å². The molecule has 0 spiro atoms. The predicted octanol–water partition coefficient (Wildman–Crippen LogP) is 1.54. The Hall–Kier alpha value is -1.81. The molecule has 1 saturated heterocycles. The fraction of sp³-hybridized carbons (Fsp3) is 0.308. The van der Waals surface area contributed by atoms with E-state index in [0.29, 0.717) is 5.92 Å². The molecule has 3 rings (SSSR count). The molecule has 1 fully saturated rings. The van der Waals surface area contributed by atoms with Gasteiger partial charge in [-0.25, -0.2) is 4.98 Å². The van der Waals surface area contributed by atoms with Crippen LogP contribution in [0.5, 0.6) is 5.75 Å². The number of hydrogen-bond donors (Lipinski definition) is 3. The third-order valence-corrected chi connectivity index (χ3v) is 3.16. The minimum absolute atomic E-state index is 0.263. The fourth-order valence-corrected chi connectivity index (χ4v) is 2.08. The first-order chi connectivity index (χ1) is 8.33. The van der Waals surface area contributed by atoms with Gasteiger partial charge in [0, 0.05) is 11.9 Å². The van der Waals surface area contributed by atoms with Crippen molar-refractivity contribution < 1.29 is 5.11 Å². The van der Waals surface area contributed by atoms with Gasteiger partial charge in [0.05, 0.1) is 5.56 Å². The molecule has 2 aromatic rings. The smallest absolute Gasteiger partial charge is 0.141 e. The van der Waals surface area contributed by atoms with E-state index >= 15 is 0 Å². The van der Waals surface area contributed by atoms with E-state index in [-0.39, 0.29) is 5.75 Å². The SMILES string of the molecule is Oc1ccccc1-c1ncc(CC2CNC2)[nH]1. The molecule has 3 N–H and O–H groups in total. The molecule has 0 radical (unpaired) electrons. The maximum atomic E-state index is 9.74. The van der Waals surface area contributed by atoms with E-state index < -0.39 is 0 Å². The van der Waals surface area contributed by atoms with Crippen molar-refractivity contribution >= 4 is 0 Å². The molecule has 17 heavy (non-hydrogen) atoms. The quantitative estimate of drug-likeness (QED) is 0.748. The minimum Gasteiger partial charge on any atom is -0.507 e. The summed E-state index contributed by atoms with van der Waals surface area (Å²) in [5.74, 6) is 1.72. The van der Waals surface area contributed by atoms with Crippen LogP contribution in [0.1, 0.15) is 5.69 Å². The van der Waals surface area contributed by atoms with Crippen LogP contribution in [0.4, 0.5) is 0 Å². The van der Waals surface area contributed by atoms with E-state index in [0.717, 1.165) is 36.6 Å². The first-order valence-corrected chi connectivity index (χ1v) is 5.86. The Bertz CT molecular complexity index is 517. The zero-order valence-electron chi connectivity index (χ0n) is 9.48. The summed E-state index contributed by atoms with van der Waals surface area (Å²) in [7, 11) is 0. The molecule has 0 bridgehead atoms. The van der Waals surface area contributed by atoms with Gasteiger partial charge in [-0.05, 0) is 37.6 Å². The van der Waals surface area contributed by atoms with Gasteiger partial charge in [0.1, 0.15) is 11.6 Å². The summed E-state index contributed by atoms with van der Waals surface area (Å²) in [5, 5.41) is 13.0. The average Bonchev–Trinajstić information content (AvgIpc) is 2.73. The highest BCUT2D eigenvalue weighted by molar-refractivity contribution is 5.63. The van der Waals surface area contributed by atoms with Crippen LogP contribution in [-0.2, 0) is 6.42 Å². The van der Waals surface area contributed by atoms with Crippen LogP contribution in [0, 0.1) is 5.92 Å². The van der Waals surface area contributed by atoms with Gasteiger partial charge in [-0.2, -0.15) is 0 Å². The van der Waals surface area contributed by atoms with Crippen molar-refractivity contribution in [2.24, 2.45) is 5.92 Å². The van der Waals surface area contributed by atoms with E-state index in [4.69, 9.17) is 0 Å². The number of hydrogen-bond acceptors (Lipinski definition) is 3. The summed E-state index contributed by atoms with van der Waals surface area (Å²) in [6, 6.07) is 7.24. The highest BCUT2D eigenvalue weighted by Gasteiger charge is 2.18. The van der Waals surface area contributed by atoms with Crippen LogP contribution in [0.2, 0.25) is 0 Å². The van der Waals surface area contributed by atoms with Crippen molar-refractivity contribution in [2.75, 3.05) is 13.1 Å². The second kappa shape index (κ2) is 4.22. The van der Waals surface area contributed by atoms with Crippen LogP contribution < -0.4 is 5.32 Å². The number of aromatic amines is 1. The molecule has 0 saturated carbocycles. The van der Waals surface area contributed by atoms with Gasteiger partial charge >= 0.3 is 0 Å². The van der Waals surface area contributed by atoms with Crippen molar-refractivity contribution in [3.05, 3.63) is 36.2 Å². The summed E-state index contributed by atoms with van der Waals surface area (Å²) in [6.07, 6.45) is 2.88. The summed E-state index contributed by atoms with van der Waals surface area (Å²) in [5.41, 5.74) is 1.89. The van der Waals surface area contributed by atoms with Crippen molar-refractivity contribution in [3.8, 4) is 17.1 Å². The lowest BCUT2D eigenvalue weighted by Gasteiger charge is -2.26. The first kappa shape index (κ1) is 10.4. The second-order valence-corrected chi connectivity index (χ2v) is 4.50. The van der Waals surface area contributed by atoms with Crippen molar-refractivity contribution in [2.45, 2.75) is 6.42 Å². The van der Waals surface area contributed by atoms with E-state index in [2.05, 4.69) is 15.3 Å². The van der Waals surface area contributed by atoms with Crippen molar-refractivity contribution in [1.82, 2.24) is 15.3 Å². The van der Waals surface area contributed by atoms with Gasteiger partial charge in [0.25, 0.3) is 0 Å². The summed E-state index contributed by atoms with van der Waals surface area (Å²) in [4.78, 5) is 7.59. The van der Waals surface area contributed by atoms with E-state index in [9.17, 15) is 5.11 Å². The molecule has 0 amide bonds. The third kappa shape index (κ3) is 2.03. The molecular formula is C13H15N3O. The number of rotatable bonds is 3. The topological polar surface area (TPSA) is 60.9 Å². The molecule has 1 aliphatic rings. The maximum absolute atomic E-state index is 9.74. The molecule has 1 aromatic carbocycles. The monoisotopic (exact) mass is 229 g/mol. The number of aromatic nitrogens is 2. The highest BCUT2D eigenvalue weighted by Crippen LogP contribution is 2.26. The Kier molecular flexibility index (Phi) is 2.57. The maximum Gasteiger partial charge on any atom is 0.141 e. The van der Waals surface area contributed by atoms with Crippen LogP contribution >= 0.6 is 0 Å². The van der Waals surface area contributed by atoms with Gasteiger partial charge in [0.2, 0.25) is 0 Å². The number of aromatic hydroxyl groups is 1. The van der Waals surface area contributed by atoms with E-state index in [1.807, 2.05) is 24.4 Å². The van der Waals surface area contributed by atoms with E-state index in [1.54, 1.807) is 6.07 Å². The molecule has 0 atom stereocenters. The van der Waals surface area contributed by atoms with Crippen molar-refractivity contribution in [1.29, 1.82) is 0 Å². The largest absolute Gasteiger partial charge is 0.507 e. The molecule has 4 nitrogen and oxygen atoms in total. The third-order valence-electron chi connectivity index (χ3n) is 3.16. The number of phenols is 1. The lowest BCUT2D eigenvalue weighted by Crippen LogP contribution is -2.43. The molecule has 88 valence electrons. The average molecular weight is 229 g/mol. The highest BCUT2D eigenvalue weighted by atomic mass is 16.3. The van der Waals surface area contributed by atoms with Gasteiger partial charge < -0.3 is 15.4 Å². The molecule has 1 aliphatic heterocycles. The lowest BCUT2D eigenvalue weighted by molar-refractivity contribution is 0.344. The summed E-state index contributed by atoms with van der Waals surface area (Å²) < 4.78 is 0. The van der Waals surface area contributed by atoms with Gasteiger partial charge in [0.15, 0.2) is 0 Å². The van der Waals surface area contributed by atoms with Crippen LogP contribution in [0.15, 0.2) is 30.5 Å². The zero-order chi connectivity index (χ0) is 11.7. The van der Waals surface area contributed by atoms with Crippen LogP contribution in [0.25, 0.3) is 11.4 Å². The summed E-state index contributed by atoms with van der Waals surface area (Å²) in [6.45, 7) is 2.18. The second-order valence-electron chi connectivity index (χ2n) is 4.50. The Morgan fingerprint density at radius 1 is 1.29 bits per heavy atom. The molecular weight excluding hydrogens is 214 g/mol. The molecule has 4 heteroatoms. The predicted molar refractivity (Wildman–Crippen MR) is 65.8 cm³/mol. The first-order valence-electron chi connectivity index (χ1n) is 5.86. The molecule has 2 heterocycles. The van der Waals surface area contributed by atoms with Gasteiger partial charge in [-0.15, -0.1) is 0 Å². The Balaban J connectivity index is 1.82. The van der Waals surface area contributed by atoms with Crippen LogP contribution in [-0.4, -0.2) is 28.2 Å². The number of H-pyrrole nitrogens is 1. The van der Waals surface area contributed by atoms with E-state index in [1.165, 1.54) is 0 Å². The number of benzene rings is 1. The standard InChI is InChI=1S/C13H15N3O/c17-12-4-2-1-3-11(12)13-15-8-10(16-13)5-9-6-14-7-9/h1-4,8-9,14,17H,5-7H2,(H,15,16). The zero-order valence-corrected chi connectivity index (χ0v) is 9.48. The molecule has 0 unspecified atom stereocenters.